The van der Waals surface area contributed by atoms with Crippen molar-refractivity contribution in [2.24, 2.45) is 0 Å². The second-order valence-electron chi connectivity index (χ2n) is 18.9. The third-order valence-electron chi connectivity index (χ3n) is 11.5. The van der Waals surface area contributed by atoms with E-state index in [9.17, 15) is 19.4 Å². The molecule has 0 radical (unpaired) electrons. The number of carbonyl (C=O) groups is 1. The van der Waals surface area contributed by atoms with Gasteiger partial charge >= 0.3 is 7.82 Å². The average molecular weight is 894 g/mol. The fourth-order valence-electron chi connectivity index (χ4n) is 7.38. The van der Waals surface area contributed by atoms with Crippen molar-refractivity contribution in [2.75, 3.05) is 40.9 Å². The number of quaternary nitrogens is 1. The lowest BCUT2D eigenvalue weighted by atomic mass is 10.0. The molecule has 0 aromatic carbocycles. The summed E-state index contributed by atoms with van der Waals surface area (Å²) >= 11 is 0. The first-order valence-electron chi connectivity index (χ1n) is 26.0. The van der Waals surface area contributed by atoms with Crippen LogP contribution in [0, 0.1) is 0 Å². The van der Waals surface area contributed by atoms with Gasteiger partial charge in [0.25, 0.3) is 0 Å². The van der Waals surface area contributed by atoms with Crippen LogP contribution in [0.4, 0.5) is 0 Å². The molecule has 3 N–H and O–H groups in total. The molecule has 0 aliphatic rings. The van der Waals surface area contributed by atoms with Crippen molar-refractivity contribution in [3.63, 3.8) is 0 Å². The highest BCUT2D eigenvalue weighted by atomic mass is 31.2. The van der Waals surface area contributed by atoms with Crippen LogP contribution in [0.2, 0.25) is 0 Å². The number of hydrogen-bond acceptors (Lipinski definition) is 5. The van der Waals surface area contributed by atoms with Gasteiger partial charge in [0, 0.05) is 6.42 Å². The minimum Gasteiger partial charge on any atom is -0.387 e. The molecule has 0 saturated carbocycles. The summed E-state index contributed by atoms with van der Waals surface area (Å²) in [7, 11) is 1.55. The molecule has 0 saturated heterocycles. The lowest BCUT2D eigenvalue weighted by molar-refractivity contribution is -0.870. The van der Waals surface area contributed by atoms with E-state index in [-0.39, 0.29) is 19.1 Å². The molecule has 0 rings (SSSR count). The van der Waals surface area contributed by atoms with Gasteiger partial charge in [0.05, 0.1) is 39.9 Å². The Balaban J connectivity index is 4.11. The van der Waals surface area contributed by atoms with Gasteiger partial charge in [0.1, 0.15) is 13.2 Å². The van der Waals surface area contributed by atoms with E-state index in [1.165, 1.54) is 167 Å². The highest BCUT2D eigenvalue weighted by Crippen LogP contribution is 2.43. The predicted molar refractivity (Wildman–Crippen MR) is 267 cm³/mol. The van der Waals surface area contributed by atoms with Crippen LogP contribution in [-0.4, -0.2) is 73.4 Å². The van der Waals surface area contributed by atoms with Crippen LogP contribution in [0.15, 0.2) is 48.6 Å². The molecular weight excluding hydrogens is 792 g/mol. The number of allylic oxidation sites excluding steroid dienone is 7. The van der Waals surface area contributed by atoms with Gasteiger partial charge in [-0.1, -0.05) is 210 Å². The van der Waals surface area contributed by atoms with Gasteiger partial charge in [0.2, 0.25) is 5.91 Å². The Morgan fingerprint density at radius 2 is 0.935 bits per heavy atom. The normalized spacial score (nSPS) is 14.5. The third-order valence-corrected chi connectivity index (χ3v) is 12.5. The fraction of sp³-hybridized carbons (Fsp3) is 0.830. The first-order valence-corrected chi connectivity index (χ1v) is 27.5. The topological polar surface area (TPSA) is 105 Å². The van der Waals surface area contributed by atoms with E-state index in [0.717, 1.165) is 44.9 Å². The van der Waals surface area contributed by atoms with Crippen molar-refractivity contribution in [3.05, 3.63) is 48.6 Å². The molecule has 364 valence electrons. The lowest BCUT2D eigenvalue weighted by Crippen LogP contribution is -2.45. The summed E-state index contributed by atoms with van der Waals surface area (Å²) in [4.78, 5) is 23.1. The van der Waals surface area contributed by atoms with Crippen LogP contribution in [-0.2, 0) is 18.4 Å². The Morgan fingerprint density at radius 1 is 0.548 bits per heavy atom. The second-order valence-corrected chi connectivity index (χ2v) is 20.3. The number of nitrogens with zero attached hydrogens (tertiary/aromatic N) is 1. The highest BCUT2D eigenvalue weighted by molar-refractivity contribution is 7.47. The molecule has 3 atom stereocenters. The smallest absolute Gasteiger partial charge is 0.387 e. The Hall–Kier alpha value is -1.54. The van der Waals surface area contributed by atoms with Gasteiger partial charge in [-0.3, -0.25) is 13.8 Å². The fourth-order valence-corrected chi connectivity index (χ4v) is 8.12. The summed E-state index contributed by atoms with van der Waals surface area (Å²) in [6.45, 7) is 4.77. The van der Waals surface area contributed by atoms with E-state index in [1.807, 2.05) is 27.2 Å². The molecule has 0 bridgehead atoms. The van der Waals surface area contributed by atoms with Crippen molar-refractivity contribution in [2.45, 2.75) is 244 Å². The van der Waals surface area contributed by atoms with Gasteiger partial charge in [-0.25, -0.2) is 4.57 Å². The van der Waals surface area contributed by atoms with E-state index in [1.54, 1.807) is 6.08 Å². The van der Waals surface area contributed by atoms with E-state index in [2.05, 4.69) is 55.6 Å². The molecule has 0 aromatic rings. The third kappa shape index (κ3) is 46.5. The molecule has 62 heavy (non-hydrogen) atoms. The molecule has 0 aliphatic carbocycles. The summed E-state index contributed by atoms with van der Waals surface area (Å²) < 4.78 is 23.6. The van der Waals surface area contributed by atoms with Crippen molar-refractivity contribution in [3.8, 4) is 0 Å². The van der Waals surface area contributed by atoms with Gasteiger partial charge in [-0.2, -0.15) is 0 Å². The molecular formula is C53H102N2O6P+. The Labute approximate surface area is 384 Å². The molecule has 0 fully saturated rings. The van der Waals surface area contributed by atoms with Gasteiger partial charge in [0.15, 0.2) is 0 Å². The van der Waals surface area contributed by atoms with Gasteiger partial charge in [-0.15, -0.1) is 0 Å². The van der Waals surface area contributed by atoms with Gasteiger partial charge < -0.3 is 19.8 Å². The van der Waals surface area contributed by atoms with E-state index < -0.39 is 20.0 Å². The number of likely N-dealkylation sites (N-methyl/N-ethyl adjacent to an activating group) is 1. The van der Waals surface area contributed by atoms with Crippen LogP contribution in [0.3, 0.4) is 0 Å². The number of aliphatic hydroxyl groups is 1. The lowest BCUT2D eigenvalue weighted by Gasteiger charge is -2.25. The van der Waals surface area contributed by atoms with Crippen molar-refractivity contribution in [1.29, 1.82) is 0 Å². The zero-order chi connectivity index (χ0) is 45.7. The van der Waals surface area contributed by atoms with Crippen LogP contribution in [0.5, 0.6) is 0 Å². The summed E-state index contributed by atoms with van der Waals surface area (Å²) in [5.74, 6) is -0.189. The first kappa shape index (κ1) is 60.5. The van der Waals surface area contributed by atoms with E-state index in [4.69, 9.17) is 9.05 Å². The minimum absolute atomic E-state index is 0.0552. The largest absolute Gasteiger partial charge is 0.472 e. The van der Waals surface area contributed by atoms with Gasteiger partial charge in [-0.05, 0) is 64.2 Å². The Bertz CT molecular complexity index is 1150. The molecule has 8 nitrogen and oxygen atoms in total. The molecule has 0 heterocycles. The molecule has 3 unspecified atom stereocenters. The number of phosphoric acid groups is 1. The first-order chi connectivity index (χ1) is 30.0. The zero-order valence-corrected chi connectivity index (χ0v) is 42.3. The molecule has 0 aliphatic heterocycles. The molecule has 1 amide bonds. The van der Waals surface area contributed by atoms with Crippen LogP contribution in [0.1, 0.15) is 232 Å². The summed E-state index contributed by atoms with van der Waals surface area (Å²) in [5, 5.41) is 13.8. The maximum Gasteiger partial charge on any atom is 0.472 e. The number of unbranched alkanes of at least 4 members (excludes halogenated alkanes) is 28. The van der Waals surface area contributed by atoms with Crippen molar-refractivity contribution >= 4 is 13.7 Å². The Kier molecular flexibility index (Phi) is 43.5. The standard InChI is InChI=1S/C53H101N2O6P/c1-6-8-10-12-14-16-18-19-20-21-22-23-24-25-26-27-28-29-30-31-32-33-34-35-37-39-41-43-45-47-53(57)54-51(50-61-62(58,59)60-49-48-55(3,4)5)52(56)46-44-42-40-38-36-17-15-13-11-9-7-2/h22-23,25-26,36,38,44,46,51-52,56H,6-21,24,27-35,37,39-43,45,47-50H2,1-5H3,(H-,54,57,58,59)/p+1/b23-22-,26-25-,38-36+,46-44+. The molecule has 9 heteroatoms. The van der Waals surface area contributed by atoms with E-state index in [0.29, 0.717) is 17.4 Å². The molecule has 0 spiro atoms. The maximum absolute atomic E-state index is 12.9. The monoisotopic (exact) mass is 894 g/mol. The second kappa shape index (κ2) is 44.7. The summed E-state index contributed by atoms with van der Waals surface area (Å²) in [5.41, 5.74) is 0. The zero-order valence-electron chi connectivity index (χ0n) is 41.4. The van der Waals surface area contributed by atoms with Crippen molar-refractivity contribution in [1.82, 2.24) is 5.32 Å². The number of aliphatic hydroxyl groups excluding tert-OH is 1. The quantitative estimate of drug-likeness (QED) is 0.0243. The van der Waals surface area contributed by atoms with Crippen LogP contribution in [0.25, 0.3) is 0 Å². The molecule has 0 aromatic heterocycles. The number of phosphoric ester groups is 1. The predicted octanol–water partition coefficient (Wildman–Crippen LogP) is 15.2. The average Bonchev–Trinajstić information content (AvgIpc) is 3.23. The number of carbonyl (C=O) groups excluding carboxylic acids is 1. The Morgan fingerprint density at radius 3 is 1.39 bits per heavy atom. The number of rotatable bonds is 47. The number of amides is 1. The maximum atomic E-state index is 12.9. The summed E-state index contributed by atoms with van der Waals surface area (Å²) in [6.07, 6.45) is 57.9. The van der Waals surface area contributed by atoms with Crippen LogP contribution >= 0.6 is 7.82 Å². The van der Waals surface area contributed by atoms with E-state index >= 15 is 0 Å². The SMILES string of the molecule is CCCCCCC/C=C/CC/C=C/C(O)C(COP(=O)(O)OCC[N+](C)(C)C)NC(=O)CCCCCCCCCCCCCCC/C=C\C/C=C\CCCCCCCCCCC. The van der Waals surface area contributed by atoms with Crippen molar-refractivity contribution < 1.29 is 32.9 Å². The highest BCUT2D eigenvalue weighted by Gasteiger charge is 2.27. The number of hydrogen-bond donors (Lipinski definition) is 3. The summed E-state index contributed by atoms with van der Waals surface area (Å²) in [6, 6.07) is -0.862. The minimum atomic E-state index is -4.35. The number of nitrogens with one attached hydrogen (secondary N) is 1. The van der Waals surface area contributed by atoms with Crippen LogP contribution < -0.4 is 5.32 Å².